The van der Waals surface area contributed by atoms with Crippen LogP contribution in [0.2, 0.25) is 0 Å². The minimum absolute atomic E-state index is 0.0310. The maximum absolute atomic E-state index is 13.9. The zero-order chi connectivity index (χ0) is 16.7. The summed E-state index contributed by atoms with van der Waals surface area (Å²) in [5.74, 6) is -0.170. The van der Waals surface area contributed by atoms with Crippen LogP contribution < -0.4 is 5.73 Å². The molecular formula is C17H12F3N3. The van der Waals surface area contributed by atoms with Crippen LogP contribution in [0.15, 0.2) is 53.5 Å². The van der Waals surface area contributed by atoms with Crippen LogP contribution in [-0.4, -0.2) is 12.0 Å². The van der Waals surface area contributed by atoms with Crippen LogP contribution in [0.5, 0.6) is 0 Å². The summed E-state index contributed by atoms with van der Waals surface area (Å²) in [4.78, 5) is 3.84. The van der Waals surface area contributed by atoms with Gasteiger partial charge in [-0.15, -0.1) is 0 Å². The fraction of sp³-hybridized carbons (Fsp3) is 0.176. The lowest BCUT2D eigenvalue weighted by Gasteiger charge is -2.36. The first kappa shape index (κ1) is 15.1. The number of amidine groups is 1. The zero-order valence-electron chi connectivity index (χ0n) is 11.9. The molecule has 0 radical (unpaired) electrons. The molecule has 3 rings (SSSR count). The summed E-state index contributed by atoms with van der Waals surface area (Å²) in [5.41, 5.74) is 4.53. The van der Waals surface area contributed by atoms with Gasteiger partial charge in [0.25, 0.3) is 0 Å². The molecular weight excluding hydrogens is 303 g/mol. The molecule has 3 nitrogen and oxygen atoms in total. The quantitative estimate of drug-likeness (QED) is 0.878. The molecule has 2 N–H and O–H groups in total. The van der Waals surface area contributed by atoms with Crippen molar-refractivity contribution in [1.82, 2.24) is 0 Å². The first-order chi connectivity index (χ1) is 10.9. The molecule has 2 aromatic carbocycles. The predicted octanol–water partition coefficient (Wildman–Crippen LogP) is 3.28. The lowest BCUT2D eigenvalue weighted by Crippen LogP contribution is -2.47. The fourth-order valence-corrected chi connectivity index (χ4v) is 2.85. The average molecular weight is 315 g/mol. The fourth-order valence-electron chi connectivity index (χ4n) is 2.85. The minimum atomic E-state index is -4.61. The molecule has 0 aliphatic carbocycles. The Morgan fingerprint density at radius 3 is 2.43 bits per heavy atom. The smallest absolute Gasteiger partial charge is 0.383 e. The Balaban J connectivity index is 2.24. The van der Waals surface area contributed by atoms with Gasteiger partial charge in [0.2, 0.25) is 0 Å². The van der Waals surface area contributed by atoms with Crippen molar-refractivity contribution in [3.05, 3.63) is 70.8 Å². The van der Waals surface area contributed by atoms with E-state index >= 15 is 0 Å². The van der Waals surface area contributed by atoms with Gasteiger partial charge in [-0.3, -0.25) is 0 Å². The Kier molecular flexibility index (Phi) is 3.37. The Morgan fingerprint density at radius 1 is 1.13 bits per heavy atom. The third kappa shape index (κ3) is 2.34. The summed E-state index contributed by atoms with van der Waals surface area (Å²) in [7, 11) is 0. The number of hydrogen-bond donors (Lipinski definition) is 1. The highest BCUT2D eigenvalue weighted by molar-refractivity contribution is 6.00. The summed E-state index contributed by atoms with van der Waals surface area (Å²) in [6.45, 7) is 0. The SMILES string of the molecule is N#Cc1ccc2c(c1)CC(c1ccccc1)(C(F)(F)F)N=C2N. The number of fused-ring (bicyclic) bond motifs is 1. The van der Waals surface area contributed by atoms with Gasteiger partial charge in [-0.2, -0.15) is 18.4 Å². The second-order valence-corrected chi connectivity index (χ2v) is 5.38. The maximum Gasteiger partial charge on any atom is 0.418 e. The molecule has 1 aliphatic rings. The predicted molar refractivity (Wildman–Crippen MR) is 79.8 cm³/mol. The van der Waals surface area contributed by atoms with Gasteiger partial charge in [-0.1, -0.05) is 30.3 Å². The molecule has 0 saturated heterocycles. The van der Waals surface area contributed by atoms with Crippen LogP contribution in [0.3, 0.4) is 0 Å². The van der Waals surface area contributed by atoms with Crippen LogP contribution in [0.1, 0.15) is 22.3 Å². The van der Waals surface area contributed by atoms with Gasteiger partial charge in [-0.25, -0.2) is 4.99 Å². The normalized spacial score (nSPS) is 20.3. The number of nitriles is 1. The highest BCUT2D eigenvalue weighted by atomic mass is 19.4. The third-order valence-corrected chi connectivity index (χ3v) is 3.99. The molecule has 1 unspecified atom stereocenters. The van der Waals surface area contributed by atoms with Gasteiger partial charge < -0.3 is 5.73 Å². The first-order valence-corrected chi connectivity index (χ1v) is 6.88. The molecule has 0 saturated carbocycles. The number of hydrogen-bond acceptors (Lipinski definition) is 3. The van der Waals surface area contributed by atoms with E-state index in [1.807, 2.05) is 6.07 Å². The number of benzene rings is 2. The average Bonchev–Trinajstić information content (AvgIpc) is 2.53. The van der Waals surface area contributed by atoms with E-state index in [0.717, 1.165) is 0 Å². The van der Waals surface area contributed by atoms with E-state index in [9.17, 15) is 13.2 Å². The van der Waals surface area contributed by atoms with Gasteiger partial charge in [0.05, 0.1) is 11.6 Å². The molecule has 0 fully saturated rings. The molecule has 0 spiro atoms. The van der Waals surface area contributed by atoms with Gasteiger partial charge in [-0.05, 0) is 29.3 Å². The van der Waals surface area contributed by atoms with Crippen molar-refractivity contribution in [2.75, 3.05) is 0 Å². The summed E-state index contributed by atoms with van der Waals surface area (Å²) >= 11 is 0. The van der Waals surface area contributed by atoms with Gasteiger partial charge in [0, 0.05) is 12.0 Å². The molecule has 6 heteroatoms. The standard InChI is InChI=1S/C17H12F3N3/c18-17(19,20)16(13-4-2-1-3-5-13)9-12-8-11(10-21)6-7-14(12)15(22)23-16/h1-8H,9H2,(H2,22,23). The van der Waals surface area contributed by atoms with Gasteiger partial charge in [0.1, 0.15) is 5.84 Å². The molecule has 2 aromatic rings. The van der Waals surface area contributed by atoms with E-state index in [1.165, 1.54) is 42.5 Å². The molecule has 0 bridgehead atoms. The van der Waals surface area contributed by atoms with Crippen LogP contribution in [0.25, 0.3) is 0 Å². The zero-order valence-corrected chi connectivity index (χ0v) is 11.9. The van der Waals surface area contributed by atoms with Crippen molar-refractivity contribution in [1.29, 1.82) is 5.26 Å². The van der Waals surface area contributed by atoms with Crippen LogP contribution in [0.4, 0.5) is 13.2 Å². The number of rotatable bonds is 1. The Bertz CT molecular complexity index is 819. The maximum atomic E-state index is 13.9. The molecule has 116 valence electrons. The van der Waals surface area contributed by atoms with Crippen LogP contribution in [0, 0.1) is 11.3 Å². The van der Waals surface area contributed by atoms with Gasteiger partial charge in [0.15, 0.2) is 5.54 Å². The number of halogens is 3. The summed E-state index contributed by atoms with van der Waals surface area (Å²) < 4.78 is 41.7. The van der Waals surface area contributed by atoms with E-state index in [0.29, 0.717) is 16.7 Å². The van der Waals surface area contributed by atoms with Crippen molar-refractivity contribution < 1.29 is 13.2 Å². The van der Waals surface area contributed by atoms with Crippen molar-refractivity contribution >= 4 is 5.84 Å². The number of alkyl halides is 3. The van der Waals surface area contributed by atoms with Crippen LogP contribution in [-0.2, 0) is 12.0 Å². The van der Waals surface area contributed by atoms with Gasteiger partial charge >= 0.3 is 6.18 Å². The topological polar surface area (TPSA) is 62.2 Å². The lowest BCUT2D eigenvalue weighted by molar-refractivity contribution is -0.189. The molecule has 1 heterocycles. The van der Waals surface area contributed by atoms with Crippen molar-refractivity contribution in [2.45, 2.75) is 18.1 Å². The minimum Gasteiger partial charge on any atom is -0.383 e. The van der Waals surface area contributed by atoms with E-state index in [2.05, 4.69) is 4.99 Å². The van der Waals surface area contributed by atoms with E-state index in [-0.39, 0.29) is 17.8 Å². The second-order valence-electron chi connectivity index (χ2n) is 5.38. The van der Waals surface area contributed by atoms with Crippen molar-refractivity contribution in [3.8, 4) is 6.07 Å². The summed E-state index contributed by atoms with van der Waals surface area (Å²) in [6.07, 6.45) is -4.99. The van der Waals surface area contributed by atoms with Crippen molar-refractivity contribution in [2.24, 2.45) is 10.7 Å². The monoisotopic (exact) mass is 315 g/mol. The Labute approximate surface area is 130 Å². The van der Waals surface area contributed by atoms with Crippen LogP contribution >= 0.6 is 0 Å². The van der Waals surface area contributed by atoms with E-state index < -0.39 is 11.7 Å². The first-order valence-electron chi connectivity index (χ1n) is 6.88. The second kappa shape index (κ2) is 5.13. The third-order valence-electron chi connectivity index (χ3n) is 3.99. The summed E-state index contributed by atoms with van der Waals surface area (Å²) in [6, 6.07) is 13.9. The summed E-state index contributed by atoms with van der Waals surface area (Å²) in [5, 5.41) is 8.98. The molecule has 0 amide bonds. The van der Waals surface area contributed by atoms with E-state index in [4.69, 9.17) is 11.0 Å². The molecule has 23 heavy (non-hydrogen) atoms. The molecule has 1 atom stereocenters. The Hall–Kier alpha value is -2.81. The highest BCUT2D eigenvalue weighted by Gasteiger charge is 2.57. The van der Waals surface area contributed by atoms with Crippen molar-refractivity contribution in [3.63, 3.8) is 0 Å². The Morgan fingerprint density at radius 2 is 1.83 bits per heavy atom. The number of nitrogens with two attached hydrogens (primary N) is 1. The highest BCUT2D eigenvalue weighted by Crippen LogP contribution is 2.47. The number of nitrogens with zero attached hydrogens (tertiary/aromatic N) is 2. The largest absolute Gasteiger partial charge is 0.418 e. The molecule has 0 aromatic heterocycles. The molecule has 1 aliphatic heterocycles. The lowest BCUT2D eigenvalue weighted by atomic mass is 9.79. The van der Waals surface area contributed by atoms with E-state index in [1.54, 1.807) is 6.07 Å². The number of aliphatic imine (C=N–C) groups is 1.